The van der Waals surface area contributed by atoms with Crippen molar-refractivity contribution in [3.8, 4) is 0 Å². The summed E-state index contributed by atoms with van der Waals surface area (Å²) in [5.74, 6) is -3.21. The molecule has 2 aromatic carbocycles. The maximum atomic E-state index is 13.4. The van der Waals surface area contributed by atoms with Gasteiger partial charge in [-0.25, -0.2) is 4.79 Å². The van der Waals surface area contributed by atoms with Crippen LogP contribution >= 0.6 is 0 Å². The van der Waals surface area contributed by atoms with E-state index in [-0.39, 0.29) is 38.3 Å². The van der Waals surface area contributed by atoms with Crippen LogP contribution in [-0.4, -0.2) is 71.0 Å². The first-order chi connectivity index (χ1) is 19.7. The fourth-order valence-corrected chi connectivity index (χ4v) is 4.35. The first kappa shape index (κ1) is 30.6. The number of aliphatic imine (C=N–C) groups is 1. The number of H-pyrrole nitrogens is 1. The molecule has 13 nitrogen and oxygen atoms in total. The molecule has 218 valence electrons. The highest BCUT2D eigenvalue weighted by Crippen LogP contribution is 2.19. The monoisotopic (exact) mass is 564 g/mol. The summed E-state index contributed by atoms with van der Waals surface area (Å²) in [6.45, 7) is -0.133. The van der Waals surface area contributed by atoms with E-state index in [4.69, 9.17) is 17.2 Å². The predicted molar refractivity (Wildman–Crippen MR) is 155 cm³/mol. The lowest BCUT2D eigenvalue weighted by Gasteiger charge is -2.24. The number of hydrogen-bond acceptors (Lipinski definition) is 6. The number of fused-ring (bicyclic) bond motifs is 1. The molecule has 0 saturated heterocycles. The molecular formula is C28H36N8O5. The van der Waals surface area contributed by atoms with Gasteiger partial charge in [-0.05, 0) is 30.0 Å². The Morgan fingerprint density at radius 1 is 0.854 bits per heavy atom. The number of rotatable bonds is 15. The van der Waals surface area contributed by atoms with Crippen LogP contribution in [0.5, 0.6) is 0 Å². The van der Waals surface area contributed by atoms with Gasteiger partial charge in [0, 0.05) is 36.5 Å². The number of carboxylic acids is 1. The number of amides is 3. The van der Waals surface area contributed by atoms with Crippen LogP contribution in [0.1, 0.15) is 24.0 Å². The molecule has 3 amide bonds. The van der Waals surface area contributed by atoms with Gasteiger partial charge in [-0.3, -0.25) is 19.4 Å². The molecule has 3 unspecified atom stereocenters. The molecule has 0 saturated carbocycles. The van der Waals surface area contributed by atoms with E-state index in [0.29, 0.717) is 12.0 Å². The highest BCUT2D eigenvalue weighted by atomic mass is 16.4. The fraction of sp³-hybridized carbons (Fsp3) is 0.321. The van der Waals surface area contributed by atoms with Crippen molar-refractivity contribution >= 4 is 40.6 Å². The first-order valence-electron chi connectivity index (χ1n) is 13.1. The minimum Gasteiger partial charge on any atom is -0.480 e. The highest BCUT2D eigenvalue weighted by molar-refractivity contribution is 5.94. The molecule has 0 spiro atoms. The molecule has 0 aliphatic heterocycles. The van der Waals surface area contributed by atoms with Crippen molar-refractivity contribution in [1.29, 1.82) is 0 Å². The second-order valence-electron chi connectivity index (χ2n) is 9.49. The van der Waals surface area contributed by atoms with Gasteiger partial charge in [0.2, 0.25) is 17.7 Å². The third-order valence-electron chi connectivity index (χ3n) is 6.41. The normalized spacial score (nSPS) is 13.0. The molecule has 0 aliphatic carbocycles. The van der Waals surface area contributed by atoms with Gasteiger partial charge in [-0.1, -0.05) is 48.5 Å². The molecule has 11 N–H and O–H groups in total. The summed E-state index contributed by atoms with van der Waals surface area (Å²) in [5, 5.41) is 18.5. The SMILES string of the molecule is NCC(=O)NC(Cc1ccccc1)C(=O)NC(CCCN=C(N)N)C(=O)NC(Cc1c[nH]c2ccccc12)C(=O)O. The largest absolute Gasteiger partial charge is 0.480 e. The van der Waals surface area contributed by atoms with Crippen LogP contribution in [0.25, 0.3) is 10.9 Å². The van der Waals surface area contributed by atoms with Crippen LogP contribution in [-0.2, 0) is 32.0 Å². The lowest BCUT2D eigenvalue weighted by atomic mass is 10.0. The zero-order valence-electron chi connectivity index (χ0n) is 22.5. The summed E-state index contributed by atoms with van der Waals surface area (Å²) < 4.78 is 0. The molecule has 1 aromatic heterocycles. The molecule has 0 aliphatic rings. The molecule has 0 bridgehead atoms. The van der Waals surface area contributed by atoms with Gasteiger partial charge in [0.05, 0.1) is 6.54 Å². The molecule has 1 heterocycles. The quantitative estimate of drug-likeness (QED) is 0.0680. The van der Waals surface area contributed by atoms with Crippen LogP contribution in [0.2, 0.25) is 0 Å². The fourth-order valence-electron chi connectivity index (χ4n) is 4.35. The van der Waals surface area contributed by atoms with E-state index in [1.165, 1.54) is 0 Å². The van der Waals surface area contributed by atoms with E-state index < -0.39 is 41.8 Å². The Bertz CT molecular complexity index is 1370. The van der Waals surface area contributed by atoms with E-state index in [0.717, 1.165) is 16.5 Å². The maximum Gasteiger partial charge on any atom is 0.326 e. The summed E-state index contributed by atoms with van der Waals surface area (Å²) in [7, 11) is 0. The number of aromatic nitrogens is 1. The van der Waals surface area contributed by atoms with Crippen LogP contribution in [0.3, 0.4) is 0 Å². The van der Waals surface area contributed by atoms with Crippen molar-refractivity contribution in [3.05, 3.63) is 71.9 Å². The van der Waals surface area contributed by atoms with Crippen molar-refractivity contribution in [1.82, 2.24) is 20.9 Å². The van der Waals surface area contributed by atoms with E-state index in [1.807, 2.05) is 30.3 Å². The minimum absolute atomic E-state index is 0.0168. The van der Waals surface area contributed by atoms with Crippen molar-refractivity contribution in [2.75, 3.05) is 13.1 Å². The lowest BCUT2D eigenvalue weighted by Crippen LogP contribution is -2.57. The molecule has 3 aromatic rings. The second kappa shape index (κ2) is 15.0. The number of carbonyl (C=O) groups is 4. The number of nitrogens with zero attached hydrogens (tertiary/aromatic N) is 1. The lowest BCUT2D eigenvalue weighted by molar-refractivity contribution is -0.142. The Kier molecular flexibility index (Phi) is 11.2. The number of carbonyl (C=O) groups excluding carboxylic acids is 3. The van der Waals surface area contributed by atoms with E-state index in [2.05, 4.69) is 25.9 Å². The van der Waals surface area contributed by atoms with Crippen LogP contribution < -0.4 is 33.2 Å². The van der Waals surface area contributed by atoms with Gasteiger partial charge in [-0.15, -0.1) is 0 Å². The Labute approximate surface area is 236 Å². The summed E-state index contributed by atoms with van der Waals surface area (Å²) in [6, 6.07) is 13.0. The number of nitrogens with one attached hydrogen (secondary N) is 4. The number of aliphatic carboxylic acids is 1. The molecule has 41 heavy (non-hydrogen) atoms. The summed E-state index contributed by atoms with van der Waals surface area (Å²) >= 11 is 0. The van der Waals surface area contributed by atoms with Crippen molar-refractivity contribution in [3.63, 3.8) is 0 Å². The zero-order chi connectivity index (χ0) is 29.8. The number of benzene rings is 2. The van der Waals surface area contributed by atoms with Crippen molar-refractivity contribution in [2.24, 2.45) is 22.2 Å². The number of para-hydroxylation sites is 1. The van der Waals surface area contributed by atoms with Gasteiger partial charge in [0.1, 0.15) is 18.1 Å². The Balaban J connectivity index is 1.78. The first-order valence-corrected chi connectivity index (χ1v) is 13.1. The predicted octanol–water partition coefficient (Wildman–Crippen LogP) is -0.496. The molecule has 0 radical (unpaired) electrons. The molecule has 0 fully saturated rings. The molecule has 13 heteroatoms. The van der Waals surface area contributed by atoms with Gasteiger partial charge in [0.25, 0.3) is 0 Å². The van der Waals surface area contributed by atoms with E-state index >= 15 is 0 Å². The second-order valence-corrected chi connectivity index (χ2v) is 9.49. The van der Waals surface area contributed by atoms with Gasteiger partial charge < -0.3 is 43.2 Å². The van der Waals surface area contributed by atoms with Gasteiger partial charge in [0.15, 0.2) is 5.96 Å². The highest BCUT2D eigenvalue weighted by Gasteiger charge is 2.30. The summed E-state index contributed by atoms with van der Waals surface area (Å²) in [4.78, 5) is 57.9. The molecular weight excluding hydrogens is 528 g/mol. The third-order valence-corrected chi connectivity index (χ3v) is 6.41. The minimum atomic E-state index is -1.27. The Morgan fingerprint density at radius 2 is 1.51 bits per heavy atom. The average Bonchev–Trinajstić information content (AvgIpc) is 3.36. The third kappa shape index (κ3) is 9.35. The van der Waals surface area contributed by atoms with Gasteiger partial charge in [-0.2, -0.15) is 0 Å². The number of carboxylic acid groups (broad SMARTS) is 1. The van der Waals surface area contributed by atoms with Gasteiger partial charge >= 0.3 is 5.97 Å². The van der Waals surface area contributed by atoms with E-state index in [1.54, 1.807) is 30.5 Å². The standard InChI is InChI=1S/C28H36N8O5/c29-15-24(37)34-22(13-17-7-2-1-3-8-17)26(39)35-21(11-6-12-32-28(30)31)25(38)36-23(27(40)41)14-18-16-33-20-10-5-4-9-19(18)20/h1-5,7-10,16,21-23,33H,6,11-15,29H2,(H,34,37)(H,35,39)(H,36,38)(H,40,41)(H4,30,31,32). The van der Waals surface area contributed by atoms with Crippen LogP contribution in [0, 0.1) is 0 Å². The summed E-state index contributed by atoms with van der Waals surface area (Å²) in [5.41, 5.74) is 18.6. The maximum absolute atomic E-state index is 13.4. The van der Waals surface area contributed by atoms with E-state index in [9.17, 15) is 24.3 Å². The molecule has 3 atom stereocenters. The number of hydrogen-bond donors (Lipinski definition) is 8. The number of guanidine groups is 1. The smallest absolute Gasteiger partial charge is 0.326 e. The zero-order valence-corrected chi connectivity index (χ0v) is 22.5. The van der Waals surface area contributed by atoms with Crippen molar-refractivity contribution in [2.45, 2.75) is 43.8 Å². The van der Waals surface area contributed by atoms with Crippen LogP contribution in [0.15, 0.2) is 65.8 Å². The Hall–Kier alpha value is -4.91. The number of nitrogens with two attached hydrogens (primary N) is 3. The van der Waals surface area contributed by atoms with Crippen molar-refractivity contribution < 1.29 is 24.3 Å². The van der Waals surface area contributed by atoms with Crippen LogP contribution in [0.4, 0.5) is 0 Å². The average molecular weight is 565 g/mol. The summed E-state index contributed by atoms with van der Waals surface area (Å²) in [6.07, 6.45) is 2.29. The topological polar surface area (TPSA) is 231 Å². The number of aromatic amines is 1. The Morgan fingerprint density at radius 3 is 2.20 bits per heavy atom. The molecule has 3 rings (SSSR count).